The third kappa shape index (κ3) is 31.0. The summed E-state index contributed by atoms with van der Waals surface area (Å²) in [5, 5.41) is 0. The molecule has 0 fully saturated rings. The number of hydrogen-bond acceptors (Lipinski definition) is 8. The molecular formula is C103H161BrN4O6Si. The van der Waals surface area contributed by atoms with Crippen molar-refractivity contribution in [2.45, 2.75) is 337 Å². The smallest absolute Gasteiger partial charge is 0.203 e. The lowest BCUT2D eigenvalue weighted by Crippen LogP contribution is -2.43. The highest BCUT2D eigenvalue weighted by Crippen LogP contribution is 2.48. The molecule has 0 spiro atoms. The molecule has 640 valence electrons. The van der Waals surface area contributed by atoms with Gasteiger partial charge < -0.3 is 38.4 Å². The van der Waals surface area contributed by atoms with Gasteiger partial charge in [-0.1, -0.05) is 288 Å². The first kappa shape index (κ1) is 96.2. The molecule has 0 aliphatic carbocycles. The molecule has 5 aromatic rings. The Bertz CT molecular complexity index is 3780. The number of aromatic nitrogens is 4. The Morgan fingerprint density at radius 3 is 0.878 bits per heavy atom. The van der Waals surface area contributed by atoms with Crippen LogP contribution in [0, 0.1) is 82.5 Å². The Kier molecular flexibility index (Phi) is 41.0. The number of hydrogen-bond donors (Lipinski definition) is 2. The quantitative estimate of drug-likeness (QED) is 0.0286. The summed E-state index contributed by atoms with van der Waals surface area (Å²) in [6.45, 7) is 59.9. The number of aromatic amines is 2. The lowest BCUT2D eigenvalue weighted by atomic mass is 9.97. The van der Waals surface area contributed by atoms with Gasteiger partial charge in [-0.15, -0.1) is 5.54 Å². The van der Waals surface area contributed by atoms with Crippen molar-refractivity contribution in [1.82, 2.24) is 19.9 Å². The molecule has 5 heterocycles. The Hall–Kier alpha value is -5.90. The first-order valence-electron chi connectivity index (χ1n) is 46.3. The van der Waals surface area contributed by atoms with E-state index in [0.29, 0.717) is 162 Å². The van der Waals surface area contributed by atoms with Crippen molar-refractivity contribution in [3.8, 4) is 68.2 Å². The minimum absolute atomic E-state index is 0.406. The van der Waals surface area contributed by atoms with Crippen LogP contribution in [-0.2, 0) is 0 Å². The van der Waals surface area contributed by atoms with Crippen molar-refractivity contribution in [2.75, 3.05) is 39.6 Å². The van der Waals surface area contributed by atoms with Crippen molar-refractivity contribution in [1.29, 1.82) is 0 Å². The monoisotopic (exact) mass is 1660 g/mol. The molecule has 0 unspecified atom stereocenters. The van der Waals surface area contributed by atoms with E-state index in [9.17, 15) is 0 Å². The maximum atomic E-state index is 7.18. The number of ether oxygens (including phenoxy) is 6. The number of rotatable bonds is 53. The average molecular weight is 1660 g/mol. The Balaban J connectivity index is 1.54. The molecule has 3 aromatic heterocycles. The molecule has 0 amide bonds. The van der Waals surface area contributed by atoms with Crippen LogP contribution in [0.5, 0.6) is 34.5 Å². The second kappa shape index (κ2) is 49.0. The topological polar surface area (TPSA) is 113 Å². The van der Waals surface area contributed by atoms with E-state index in [4.69, 9.17) is 38.4 Å². The lowest BCUT2D eigenvalue weighted by molar-refractivity contribution is 0.216. The molecule has 6 atom stereocenters. The van der Waals surface area contributed by atoms with Crippen molar-refractivity contribution >= 4 is 70.4 Å². The number of halogens is 1. The van der Waals surface area contributed by atoms with Crippen LogP contribution in [0.3, 0.4) is 0 Å². The molecule has 8 bridgehead atoms. The summed E-state index contributed by atoms with van der Waals surface area (Å²) in [5.74, 6) is 15.3. The molecule has 115 heavy (non-hydrogen) atoms. The van der Waals surface area contributed by atoms with Gasteiger partial charge in [0.2, 0.25) is 11.5 Å². The van der Waals surface area contributed by atoms with Crippen molar-refractivity contribution < 1.29 is 28.4 Å². The number of H-pyrrole nitrogens is 2. The van der Waals surface area contributed by atoms with Crippen LogP contribution >= 0.6 is 15.9 Å². The van der Waals surface area contributed by atoms with Crippen molar-refractivity contribution in [3.63, 3.8) is 0 Å². The lowest BCUT2D eigenvalue weighted by Gasteiger charge is -2.38. The summed E-state index contributed by atoms with van der Waals surface area (Å²) in [6.07, 6.45) is 36.0. The van der Waals surface area contributed by atoms with Crippen LogP contribution in [0.2, 0.25) is 16.6 Å². The highest BCUT2D eigenvalue weighted by Gasteiger charge is 2.42. The molecule has 10 nitrogen and oxygen atoms in total. The second-order valence-corrected chi connectivity index (χ2v) is 45.5. The zero-order chi connectivity index (χ0) is 83.9. The van der Waals surface area contributed by atoms with Gasteiger partial charge in [-0.2, -0.15) is 0 Å². The highest BCUT2D eigenvalue weighted by atomic mass is 79.9. The minimum Gasteiger partial charge on any atom is -0.490 e. The number of fused-ring (bicyclic) bond motifs is 8. The van der Waals surface area contributed by atoms with E-state index in [0.717, 1.165) is 116 Å². The summed E-state index contributed by atoms with van der Waals surface area (Å²) in [6, 6.07) is 17.6. The molecule has 2 aromatic carbocycles. The Morgan fingerprint density at radius 1 is 0.313 bits per heavy atom. The van der Waals surface area contributed by atoms with Gasteiger partial charge >= 0.3 is 0 Å². The van der Waals surface area contributed by atoms with E-state index >= 15 is 0 Å². The van der Waals surface area contributed by atoms with Crippen molar-refractivity contribution in [3.05, 3.63) is 81.3 Å². The molecule has 7 rings (SSSR count). The Morgan fingerprint density at radius 2 is 0.574 bits per heavy atom. The third-order valence-electron chi connectivity index (χ3n) is 24.6. The largest absolute Gasteiger partial charge is 0.490 e. The zero-order valence-electron chi connectivity index (χ0n) is 77.0. The molecule has 2 N–H and O–H groups in total. The van der Waals surface area contributed by atoms with Crippen LogP contribution in [-0.4, -0.2) is 67.7 Å². The van der Waals surface area contributed by atoms with E-state index in [-0.39, 0.29) is 0 Å². The summed E-state index contributed by atoms with van der Waals surface area (Å²) in [5.41, 5.74) is 16.6. The van der Waals surface area contributed by atoms with Gasteiger partial charge in [-0.05, 0) is 226 Å². The van der Waals surface area contributed by atoms with E-state index in [1.165, 1.54) is 116 Å². The molecular weight excluding hydrogens is 1500 g/mol. The van der Waals surface area contributed by atoms with Gasteiger partial charge in [0.15, 0.2) is 23.0 Å². The second-order valence-electron chi connectivity index (χ2n) is 39.1. The molecule has 12 heteroatoms. The summed E-state index contributed by atoms with van der Waals surface area (Å²) >= 11 is 4.20. The van der Waals surface area contributed by atoms with Crippen LogP contribution in [0.1, 0.15) is 349 Å². The third-order valence-corrected chi connectivity index (χ3v) is 31.8. The molecule has 2 aliphatic heterocycles. The minimum atomic E-state index is -2.33. The average Bonchev–Trinajstić information content (AvgIpc) is 1.64. The van der Waals surface area contributed by atoms with Gasteiger partial charge in [0.05, 0.1) is 83.5 Å². The van der Waals surface area contributed by atoms with Crippen LogP contribution in [0.4, 0.5) is 0 Å². The fourth-order valence-electron chi connectivity index (χ4n) is 17.0. The maximum absolute atomic E-state index is 7.18. The molecule has 0 radical (unpaired) electrons. The molecule has 0 saturated carbocycles. The van der Waals surface area contributed by atoms with E-state index in [2.05, 4.69) is 276 Å². The van der Waals surface area contributed by atoms with Crippen LogP contribution < -0.4 is 28.4 Å². The van der Waals surface area contributed by atoms with Gasteiger partial charge in [0.25, 0.3) is 0 Å². The van der Waals surface area contributed by atoms with Gasteiger partial charge in [-0.25, -0.2) is 9.97 Å². The van der Waals surface area contributed by atoms with Crippen LogP contribution in [0.25, 0.3) is 68.6 Å². The van der Waals surface area contributed by atoms with Crippen molar-refractivity contribution in [2.24, 2.45) is 71.0 Å². The molecule has 0 saturated heterocycles. The zero-order valence-corrected chi connectivity index (χ0v) is 79.6. The number of nitrogens with zero attached hydrogens (tertiary/aromatic N) is 2. The summed E-state index contributed by atoms with van der Waals surface area (Å²) in [7, 11) is -2.33. The molecule has 2 aliphatic rings. The maximum Gasteiger partial charge on any atom is 0.203 e. The fraction of sp³-hybridized carbons (Fsp3) is 0.670. The van der Waals surface area contributed by atoms with E-state index in [1.54, 1.807) is 0 Å². The predicted molar refractivity (Wildman–Crippen MR) is 503 cm³/mol. The first-order valence-corrected chi connectivity index (χ1v) is 49.3. The van der Waals surface area contributed by atoms with Crippen LogP contribution in [0.15, 0.2) is 53.0 Å². The summed E-state index contributed by atoms with van der Waals surface area (Å²) in [4.78, 5) is 19.6. The van der Waals surface area contributed by atoms with Gasteiger partial charge in [0.1, 0.15) is 8.07 Å². The Labute approximate surface area is 711 Å². The standard InChI is InChI=1S/C103H161BrN4O6Si/c1-69(2)31-25-37-78(19)51-58-109-95-65-84(66-96(110-59-52-79(20)38-26-32-70(3)4)102(95)113-62-55-82(23)41-29-35-73(9)10)99-89-45-43-87(105-89)86(57-64-115(75(13)14,76(15)16)77(17)18)88-44-46-90(106-88)100(92-48-50-94(108-92)101(104)93-49-47-91(99)107-93)85-67-97(111-60-53-80(21)39-27-33-71(5)6)103(114-63-56-83(24)42-30-36-74(11)12)98(68-85)112-61-54-81(22)40-28-34-72(7)8/h43-50,65-83,105,108H,25-42,51-56,58-63H2,1-24H3/t78-,79-,80-,81-,82-,83-/m0/s1. The fourth-order valence-corrected chi connectivity index (χ4v) is 22.6. The summed E-state index contributed by atoms with van der Waals surface area (Å²) < 4.78 is 43.8. The number of benzene rings is 2. The highest BCUT2D eigenvalue weighted by molar-refractivity contribution is 9.10. The van der Waals surface area contributed by atoms with Gasteiger partial charge in [-0.3, -0.25) is 0 Å². The van der Waals surface area contributed by atoms with E-state index < -0.39 is 8.07 Å². The first-order chi connectivity index (χ1) is 54.8. The predicted octanol–water partition coefficient (Wildman–Crippen LogP) is 31.7. The normalized spacial score (nSPS) is 14.1. The number of nitrogens with one attached hydrogen (secondary N) is 2. The SMILES string of the molecule is CC(C)CCC[C@H](C)CCOc1cc(-c2c3nc(c(C#C[Si](C(C)C)(C(C)C)C(C)C)c4ccc([nH]4)c(-c4cc(OCC[C@@H](C)CCCC(C)C)c(OCC[C@@H](C)CCCC(C)C)c(OCC[C@@H](C)CCCC(C)C)c4)c4nc(c(Br)c5ccc2[nH]5)C=C4)C=C3)cc(OCC[C@@H](C)CCCC(C)C)c1OCC[C@@H](C)CCCC(C)C. The van der Waals surface area contributed by atoms with E-state index in [1.807, 2.05) is 0 Å². The van der Waals surface area contributed by atoms with Gasteiger partial charge in [0, 0.05) is 22.2 Å².